The molecule has 0 amide bonds. The second-order valence-electron chi connectivity index (χ2n) is 2.96. The molecule has 0 saturated carbocycles. The van der Waals surface area contributed by atoms with Crippen LogP contribution in [0, 0.1) is 0 Å². The zero-order valence-corrected chi connectivity index (χ0v) is 8.75. The van der Waals surface area contributed by atoms with Gasteiger partial charge >= 0.3 is 0 Å². The fraction of sp³-hybridized carbons (Fsp3) is 0.444. The SMILES string of the molecule is Brc1ccc([C@@H]2CNCCO2)nc1. The van der Waals surface area contributed by atoms with Crippen molar-refractivity contribution < 1.29 is 4.74 Å². The summed E-state index contributed by atoms with van der Waals surface area (Å²) in [5.74, 6) is 0. The normalized spacial score (nSPS) is 23.0. The van der Waals surface area contributed by atoms with E-state index in [0.717, 1.165) is 29.9 Å². The lowest BCUT2D eigenvalue weighted by Gasteiger charge is -2.22. The summed E-state index contributed by atoms with van der Waals surface area (Å²) in [4.78, 5) is 4.29. The molecule has 2 heterocycles. The number of nitrogens with one attached hydrogen (secondary N) is 1. The van der Waals surface area contributed by atoms with E-state index < -0.39 is 0 Å². The third-order valence-corrected chi connectivity index (χ3v) is 2.48. The summed E-state index contributed by atoms with van der Waals surface area (Å²) in [7, 11) is 0. The van der Waals surface area contributed by atoms with E-state index in [1.54, 1.807) is 6.20 Å². The van der Waals surface area contributed by atoms with Gasteiger partial charge in [0.1, 0.15) is 6.10 Å². The summed E-state index contributed by atoms with van der Waals surface area (Å²) in [6.45, 7) is 2.56. The fourth-order valence-corrected chi connectivity index (χ4v) is 1.57. The summed E-state index contributed by atoms with van der Waals surface area (Å²) >= 11 is 3.35. The smallest absolute Gasteiger partial charge is 0.112 e. The van der Waals surface area contributed by atoms with Gasteiger partial charge in [-0.25, -0.2) is 0 Å². The summed E-state index contributed by atoms with van der Waals surface area (Å²) in [6, 6.07) is 3.97. The van der Waals surface area contributed by atoms with E-state index >= 15 is 0 Å². The molecule has 1 aliphatic rings. The van der Waals surface area contributed by atoms with Crippen molar-refractivity contribution in [2.75, 3.05) is 19.7 Å². The molecule has 0 aliphatic carbocycles. The van der Waals surface area contributed by atoms with Crippen molar-refractivity contribution >= 4 is 15.9 Å². The second-order valence-corrected chi connectivity index (χ2v) is 3.88. The molecule has 0 bridgehead atoms. The second kappa shape index (κ2) is 4.17. The van der Waals surface area contributed by atoms with E-state index in [1.807, 2.05) is 12.1 Å². The highest BCUT2D eigenvalue weighted by Gasteiger charge is 2.16. The first-order valence-electron chi connectivity index (χ1n) is 4.30. The molecule has 0 radical (unpaired) electrons. The van der Waals surface area contributed by atoms with E-state index in [9.17, 15) is 0 Å². The van der Waals surface area contributed by atoms with E-state index in [0.29, 0.717) is 0 Å². The maximum Gasteiger partial charge on any atom is 0.112 e. The molecule has 13 heavy (non-hydrogen) atoms. The zero-order valence-electron chi connectivity index (χ0n) is 7.16. The molecule has 4 heteroatoms. The van der Waals surface area contributed by atoms with E-state index in [2.05, 4.69) is 26.2 Å². The average Bonchev–Trinajstić information content (AvgIpc) is 2.20. The van der Waals surface area contributed by atoms with Gasteiger partial charge in [-0.15, -0.1) is 0 Å². The molecule has 3 nitrogen and oxygen atoms in total. The molecule has 1 N–H and O–H groups in total. The number of ether oxygens (including phenoxy) is 1. The van der Waals surface area contributed by atoms with Crippen LogP contribution in [0.15, 0.2) is 22.8 Å². The van der Waals surface area contributed by atoms with Gasteiger partial charge in [-0.3, -0.25) is 4.98 Å². The Bertz CT molecular complexity index is 269. The highest BCUT2D eigenvalue weighted by atomic mass is 79.9. The lowest BCUT2D eigenvalue weighted by Crippen LogP contribution is -2.33. The lowest BCUT2D eigenvalue weighted by atomic mass is 10.2. The maximum atomic E-state index is 5.56. The van der Waals surface area contributed by atoms with Gasteiger partial charge in [-0.1, -0.05) is 0 Å². The van der Waals surface area contributed by atoms with Crippen molar-refractivity contribution in [1.29, 1.82) is 0 Å². The molecular formula is C9H11BrN2O. The van der Waals surface area contributed by atoms with Gasteiger partial charge in [0.2, 0.25) is 0 Å². The Labute approximate surface area is 85.6 Å². The summed E-state index contributed by atoms with van der Waals surface area (Å²) in [6.07, 6.45) is 1.91. The van der Waals surface area contributed by atoms with Crippen LogP contribution >= 0.6 is 15.9 Å². The fourth-order valence-electron chi connectivity index (χ4n) is 1.33. The van der Waals surface area contributed by atoms with E-state index in [4.69, 9.17) is 4.74 Å². The largest absolute Gasteiger partial charge is 0.369 e. The first-order valence-corrected chi connectivity index (χ1v) is 5.09. The van der Waals surface area contributed by atoms with E-state index in [-0.39, 0.29) is 6.10 Å². The van der Waals surface area contributed by atoms with Gasteiger partial charge in [0.25, 0.3) is 0 Å². The molecule has 0 spiro atoms. The first-order chi connectivity index (χ1) is 6.36. The van der Waals surface area contributed by atoms with E-state index in [1.165, 1.54) is 0 Å². The number of halogens is 1. The van der Waals surface area contributed by atoms with Crippen molar-refractivity contribution in [3.63, 3.8) is 0 Å². The van der Waals surface area contributed by atoms with Crippen LogP contribution in [-0.4, -0.2) is 24.7 Å². The Morgan fingerprint density at radius 2 is 2.46 bits per heavy atom. The molecule has 1 aromatic heterocycles. The molecule has 70 valence electrons. The number of nitrogens with zero attached hydrogens (tertiary/aromatic N) is 1. The number of pyridine rings is 1. The van der Waals surface area contributed by atoms with Gasteiger partial charge in [-0.05, 0) is 28.1 Å². The Hall–Kier alpha value is -0.450. The first kappa shape index (κ1) is 9.12. The number of aromatic nitrogens is 1. The van der Waals surface area contributed by atoms with Crippen LogP contribution in [0.5, 0.6) is 0 Å². The molecule has 1 fully saturated rings. The highest BCUT2D eigenvalue weighted by molar-refractivity contribution is 9.10. The van der Waals surface area contributed by atoms with Crippen molar-refractivity contribution in [2.45, 2.75) is 6.10 Å². The molecule has 0 unspecified atom stereocenters. The average molecular weight is 243 g/mol. The molecular weight excluding hydrogens is 232 g/mol. The van der Waals surface area contributed by atoms with Crippen molar-refractivity contribution in [3.05, 3.63) is 28.5 Å². The monoisotopic (exact) mass is 242 g/mol. The van der Waals surface area contributed by atoms with Crippen molar-refractivity contribution in [2.24, 2.45) is 0 Å². The third-order valence-electron chi connectivity index (χ3n) is 2.01. The van der Waals surface area contributed by atoms with Crippen LogP contribution in [0.2, 0.25) is 0 Å². The minimum absolute atomic E-state index is 0.113. The predicted molar refractivity (Wildman–Crippen MR) is 53.5 cm³/mol. The minimum atomic E-state index is 0.113. The molecule has 0 aromatic carbocycles. The molecule has 1 aromatic rings. The van der Waals surface area contributed by atoms with Crippen LogP contribution in [-0.2, 0) is 4.74 Å². The predicted octanol–water partition coefficient (Wildman–Crippen LogP) is 1.50. The number of morpholine rings is 1. The number of rotatable bonds is 1. The third kappa shape index (κ3) is 2.27. The van der Waals surface area contributed by atoms with Crippen molar-refractivity contribution in [1.82, 2.24) is 10.3 Å². The van der Waals surface area contributed by atoms with Gasteiger partial charge in [0.05, 0.1) is 12.3 Å². The minimum Gasteiger partial charge on any atom is -0.369 e. The van der Waals surface area contributed by atoms with Crippen molar-refractivity contribution in [3.8, 4) is 0 Å². The van der Waals surface area contributed by atoms with Gasteiger partial charge in [0, 0.05) is 23.8 Å². The molecule has 1 atom stereocenters. The topological polar surface area (TPSA) is 34.1 Å². The Balaban J connectivity index is 2.10. The zero-order chi connectivity index (χ0) is 9.10. The maximum absolute atomic E-state index is 5.56. The van der Waals surface area contributed by atoms with Crippen LogP contribution in [0.25, 0.3) is 0 Å². The Morgan fingerprint density at radius 3 is 3.08 bits per heavy atom. The van der Waals surface area contributed by atoms with Crippen LogP contribution in [0.1, 0.15) is 11.8 Å². The van der Waals surface area contributed by atoms with Gasteiger partial charge < -0.3 is 10.1 Å². The summed E-state index contributed by atoms with van der Waals surface area (Å²) in [5.41, 5.74) is 0.996. The van der Waals surface area contributed by atoms with Gasteiger partial charge in [0.15, 0.2) is 0 Å². The Kier molecular flexibility index (Phi) is 2.93. The van der Waals surface area contributed by atoms with Crippen LogP contribution < -0.4 is 5.32 Å². The number of hydrogen-bond acceptors (Lipinski definition) is 3. The summed E-state index contributed by atoms with van der Waals surface area (Å²) in [5, 5.41) is 3.27. The highest BCUT2D eigenvalue weighted by Crippen LogP contribution is 2.17. The molecule has 1 saturated heterocycles. The molecule has 2 rings (SSSR count). The van der Waals surface area contributed by atoms with Crippen LogP contribution in [0.4, 0.5) is 0 Å². The van der Waals surface area contributed by atoms with Crippen LogP contribution in [0.3, 0.4) is 0 Å². The van der Waals surface area contributed by atoms with Gasteiger partial charge in [-0.2, -0.15) is 0 Å². The standard InChI is InChI=1S/C9H11BrN2O/c10-7-1-2-8(12-5-7)9-6-11-3-4-13-9/h1-2,5,9,11H,3-4,6H2/t9-/m0/s1. The number of hydrogen-bond donors (Lipinski definition) is 1. The summed E-state index contributed by atoms with van der Waals surface area (Å²) < 4.78 is 6.56. The lowest BCUT2D eigenvalue weighted by molar-refractivity contribution is 0.0250. The quantitative estimate of drug-likeness (QED) is 0.811. The molecule has 1 aliphatic heterocycles. The Morgan fingerprint density at radius 1 is 1.54 bits per heavy atom.